The summed E-state index contributed by atoms with van der Waals surface area (Å²) in [4.78, 5) is 2.38. The molecule has 0 fully saturated rings. The summed E-state index contributed by atoms with van der Waals surface area (Å²) in [5.41, 5.74) is 1.18. The molecule has 8 nitrogen and oxygen atoms in total. The van der Waals surface area contributed by atoms with Gasteiger partial charge in [0.15, 0.2) is 5.82 Å². The van der Waals surface area contributed by atoms with Crippen molar-refractivity contribution >= 4 is 10.0 Å². The maximum absolute atomic E-state index is 11.9. The second-order valence-electron chi connectivity index (χ2n) is 8.83. The molecule has 176 valence electrons. The largest absolute Gasteiger partial charge is 0.457 e. The van der Waals surface area contributed by atoms with Crippen molar-refractivity contribution < 1.29 is 13.2 Å². The molecule has 2 heterocycles. The normalized spacial score (nSPS) is 15.8. The minimum atomic E-state index is -3.36. The van der Waals surface area contributed by atoms with Crippen LogP contribution in [0.3, 0.4) is 0 Å². The summed E-state index contributed by atoms with van der Waals surface area (Å²) in [6.45, 7) is 7.16. The number of aromatic nitrogens is 3. The van der Waals surface area contributed by atoms with Gasteiger partial charge in [-0.1, -0.05) is 44.2 Å². The van der Waals surface area contributed by atoms with E-state index in [1.165, 1.54) is 11.8 Å². The zero-order valence-corrected chi connectivity index (χ0v) is 20.1. The fourth-order valence-electron chi connectivity index (χ4n) is 4.08. The Morgan fingerprint density at radius 2 is 1.76 bits per heavy atom. The first-order chi connectivity index (χ1) is 15.8. The average molecular weight is 470 g/mol. The summed E-state index contributed by atoms with van der Waals surface area (Å²) < 4.78 is 34.6. The molecule has 9 heteroatoms. The molecule has 1 aliphatic heterocycles. The predicted molar refractivity (Wildman–Crippen MR) is 128 cm³/mol. The number of ether oxygens (including phenoxy) is 1. The molecular formula is C24H31N5O3S. The molecule has 0 saturated heterocycles. The van der Waals surface area contributed by atoms with Crippen LogP contribution in [0.25, 0.3) is 0 Å². The van der Waals surface area contributed by atoms with Crippen molar-refractivity contribution in [3.05, 3.63) is 71.8 Å². The minimum Gasteiger partial charge on any atom is -0.457 e. The Hall–Kier alpha value is -2.75. The van der Waals surface area contributed by atoms with Gasteiger partial charge in [-0.15, -0.1) is 10.2 Å². The van der Waals surface area contributed by atoms with Crippen molar-refractivity contribution in [2.24, 2.45) is 5.92 Å². The van der Waals surface area contributed by atoms with Gasteiger partial charge in [0.25, 0.3) is 0 Å². The van der Waals surface area contributed by atoms with Crippen molar-refractivity contribution in [1.29, 1.82) is 0 Å². The molecule has 1 aliphatic rings. The number of sulfonamides is 1. The maximum atomic E-state index is 11.9. The number of nitrogens with zero attached hydrogens (tertiary/aromatic N) is 4. The molecule has 0 amide bonds. The molecule has 1 N–H and O–H groups in total. The Morgan fingerprint density at radius 1 is 1.00 bits per heavy atom. The Balaban J connectivity index is 1.44. The van der Waals surface area contributed by atoms with E-state index in [0.717, 1.165) is 43.4 Å². The summed E-state index contributed by atoms with van der Waals surface area (Å²) in [6.07, 6.45) is 1.94. The summed E-state index contributed by atoms with van der Waals surface area (Å²) >= 11 is 0. The number of nitrogens with one attached hydrogen (secondary N) is 1. The van der Waals surface area contributed by atoms with Gasteiger partial charge in [0.2, 0.25) is 10.0 Å². The van der Waals surface area contributed by atoms with Crippen molar-refractivity contribution in [3.8, 4) is 11.5 Å². The van der Waals surface area contributed by atoms with Gasteiger partial charge in [0, 0.05) is 32.6 Å². The quantitative estimate of drug-likeness (QED) is 0.544. The van der Waals surface area contributed by atoms with Crippen LogP contribution in [0.15, 0.2) is 54.6 Å². The topological polar surface area (TPSA) is 89.3 Å². The van der Waals surface area contributed by atoms with Crippen LogP contribution in [0.2, 0.25) is 0 Å². The first kappa shape index (κ1) is 23.4. The fourth-order valence-corrected chi connectivity index (χ4v) is 4.92. The standard InChI is InChI=1S/C24H31N5O3S/c1-18(2)23(27-33(3,30)31)24-26-25-22-12-13-28(14-15-29(22)24)17-19-8-7-11-21(16-19)32-20-9-5-4-6-10-20/h4-11,16,18,23,27H,12-15,17H2,1-3H3/t23-/m0/s1. The summed E-state index contributed by atoms with van der Waals surface area (Å²) in [7, 11) is -3.36. The average Bonchev–Trinajstić information content (AvgIpc) is 3.06. The van der Waals surface area contributed by atoms with Crippen LogP contribution in [-0.4, -0.2) is 47.4 Å². The van der Waals surface area contributed by atoms with Crippen molar-refractivity contribution in [2.45, 2.75) is 39.4 Å². The van der Waals surface area contributed by atoms with E-state index in [-0.39, 0.29) is 5.92 Å². The highest BCUT2D eigenvalue weighted by Crippen LogP contribution is 2.25. The zero-order chi connectivity index (χ0) is 23.4. The third-order valence-corrected chi connectivity index (χ3v) is 6.40. The third-order valence-electron chi connectivity index (χ3n) is 5.72. The van der Waals surface area contributed by atoms with Crippen LogP contribution in [0, 0.1) is 5.92 Å². The number of para-hydroxylation sites is 1. The number of rotatable bonds is 8. The molecule has 0 unspecified atom stereocenters. The zero-order valence-electron chi connectivity index (χ0n) is 19.3. The van der Waals surface area contributed by atoms with E-state index in [4.69, 9.17) is 4.74 Å². The van der Waals surface area contributed by atoms with Crippen LogP contribution < -0.4 is 9.46 Å². The molecule has 3 aromatic rings. The lowest BCUT2D eigenvalue weighted by molar-refractivity contribution is 0.268. The number of fused-ring (bicyclic) bond motifs is 1. The van der Waals surface area contributed by atoms with Gasteiger partial charge in [-0.05, 0) is 35.7 Å². The SMILES string of the molecule is CC(C)[C@H](NS(C)(=O)=O)c1nnc2n1CCN(Cc1cccc(Oc3ccccc3)c1)CC2. The van der Waals surface area contributed by atoms with Gasteiger partial charge in [0.05, 0.1) is 12.3 Å². The number of hydrogen-bond acceptors (Lipinski definition) is 6. The highest BCUT2D eigenvalue weighted by molar-refractivity contribution is 7.88. The van der Waals surface area contributed by atoms with Crippen LogP contribution in [0.1, 0.15) is 37.1 Å². The van der Waals surface area contributed by atoms with Crippen molar-refractivity contribution in [3.63, 3.8) is 0 Å². The highest BCUT2D eigenvalue weighted by Gasteiger charge is 2.28. The molecule has 0 radical (unpaired) electrons. The van der Waals surface area contributed by atoms with E-state index >= 15 is 0 Å². The molecule has 1 atom stereocenters. The lowest BCUT2D eigenvalue weighted by Crippen LogP contribution is -2.33. The number of hydrogen-bond donors (Lipinski definition) is 1. The van der Waals surface area contributed by atoms with Gasteiger partial charge in [-0.3, -0.25) is 4.90 Å². The molecule has 0 bridgehead atoms. The van der Waals surface area contributed by atoms with Crippen LogP contribution in [-0.2, 0) is 29.5 Å². The summed E-state index contributed by atoms with van der Waals surface area (Å²) in [6, 6.07) is 17.5. The van der Waals surface area contributed by atoms with Gasteiger partial charge in [-0.2, -0.15) is 0 Å². The van der Waals surface area contributed by atoms with Gasteiger partial charge < -0.3 is 9.30 Å². The second-order valence-corrected chi connectivity index (χ2v) is 10.6. The Morgan fingerprint density at radius 3 is 2.48 bits per heavy atom. The Labute approximate surface area is 195 Å². The predicted octanol–water partition coefficient (Wildman–Crippen LogP) is 3.38. The smallest absolute Gasteiger partial charge is 0.209 e. The van der Waals surface area contributed by atoms with Gasteiger partial charge in [-0.25, -0.2) is 13.1 Å². The molecule has 4 rings (SSSR count). The maximum Gasteiger partial charge on any atom is 0.209 e. The highest BCUT2D eigenvalue weighted by atomic mass is 32.2. The first-order valence-corrected chi connectivity index (χ1v) is 13.1. The monoisotopic (exact) mass is 469 g/mol. The van der Waals surface area contributed by atoms with E-state index in [0.29, 0.717) is 12.4 Å². The van der Waals surface area contributed by atoms with Gasteiger partial charge in [0.1, 0.15) is 17.3 Å². The van der Waals surface area contributed by atoms with E-state index in [1.807, 2.05) is 56.3 Å². The van der Waals surface area contributed by atoms with E-state index < -0.39 is 16.1 Å². The molecule has 0 saturated carbocycles. The van der Waals surface area contributed by atoms with Crippen molar-refractivity contribution in [2.75, 3.05) is 19.3 Å². The fraction of sp³-hybridized carbons (Fsp3) is 0.417. The lowest BCUT2D eigenvalue weighted by atomic mass is 10.1. The minimum absolute atomic E-state index is 0.0553. The van der Waals surface area contributed by atoms with Gasteiger partial charge >= 0.3 is 0 Å². The molecule has 1 aromatic heterocycles. The Kier molecular flexibility index (Phi) is 7.11. The molecular weight excluding hydrogens is 438 g/mol. The molecule has 0 aliphatic carbocycles. The molecule has 2 aromatic carbocycles. The van der Waals surface area contributed by atoms with Crippen molar-refractivity contribution in [1.82, 2.24) is 24.4 Å². The molecule has 0 spiro atoms. The van der Waals surface area contributed by atoms with Crippen LogP contribution >= 0.6 is 0 Å². The van der Waals surface area contributed by atoms with E-state index in [2.05, 4.69) is 36.5 Å². The first-order valence-electron chi connectivity index (χ1n) is 11.2. The van der Waals surface area contributed by atoms with E-state index in [1.54, 1.807) is 0 Å². The van der Waals surface area contributed by atoms with Crippen LogP contribution in [0.5, 0.6) is 11.5 Å². The summed E-state index contributed by atoms with van der Waals surface area (Å²) in [5.74, 6) is 3.27. The second kappa shape index (κ2) is 10.0. The Bertz CT molecular complexity index is 1180. The number of benzene rings is 2. The van der Waals surface area contributed by atoms with Crippen LogP contribution in [0.4, 0.5) is 0 Å². The third kappa shape index (κ3) is 6.19. The lowest BCUT2D eigenvalue weighted by Gasteiger charge is -2.22. The summed E-state index contributed by atoms with van der Waals surface area (Å²) in [5, 5.41) is 8.74. The molecule has 33 heavy (non-hydrogen) atoms. The van der Waals surface area contributed by atoms with E-state index in [9.17, 15) is 8.42 Å².